The third kappa shape index (κ3) is 4.65. The van der Waals surface area contributed by atoms with Crippen molar-refractivity contribution in [2.45, 2.75) is 40.0 Å². The molecule has 1 atom stereocenters. The molecular weight excluding hydrogens is 400 g/mol. The first-order valence-corrected chi connectivity index (χ1v) is 10.7. The van der Waals surface area contributed by atoms with Crippen molar-refractivity contribution < 1.29 is 19.4 Å². The van der Waals surface area contributed by atoms with Gasteiger partial charge in [-0.05, 0) is 48.3 Å². The Balaban J connectivity index is 1.93. The molecule has 0 unspecified atom stereocenters. The molecule has 1 aromatic carbocycles. The lowest BCUT2D eigenvalue weighted by atomic mass is 9.72. The highest BCUT2D eigenvalue weighted by molar-refractivity contribution is 7.16. The first-order chi connectivity index (χ1) is 14.2. The predicted octanol–water partition coefficient (Wildman–Crippen LogP) is 4.99. The van der Waals surface area contributed by atoms with E-state index in [2.05, 4.69) is 31.8 Å². The van der Waals surface area contributed by atoms with Gasteiger partial charge in [-0.2, -0.15) is 5.26 Å². The van der Waals surface area contributed by atoms with Crippen LogP contribution in [0, 0.1) is 22.7 Å². The van der Waals surface area contributed by atoms with Crippen molar-refractivity contribution in [2.24, 2.45) is 16.3 Å². The number of aliphatic carboxylic acids is 1. The van der Waals surface area contributed by atoms with E-state index in [1.54, 1.807) is 35.8 Å². The summed E-state index contributed by atoms with van der Waals surface area (Å²) in [7, 11) is 1.50. The highest BCUT2D eigenvalue weighted by Gasteiger charge is 2.32. The number of nitriles is 1. The summed E-state index contributed by atoms with van der Waals surface area (Å²) in [5.74, 6) is 0.259. The van der Waals surface area contributed by atoms with Crippen molar-refractivity contribution in [3.05, 3.63) is 39.8 Å². The van der Waals surface area contributed by atoms with Gasteiger partial charge in [0, 0.05) is 16.7 Å². The van der Waals surface area contributed by atoms with E-state index in [1.165, 1.54) is 12.0 Å². The van der Waals surface area contributed by atoms with Gasteiger partial charge in [0.1, 0.15) is 11.1 Å². The second-order valence-electron chi connectivity index (χ2n) is 8.42. The number of para-hydroxylation sites is 1. The van der Waals surface area contributed by atoms with Gasteiger partial charge in [0.2, 0.25) is 0 Å². The van der Waals surface area contributed by atoms with Crippen LogP contribution in [0.25, 0.3) is 0 Å². The van der Waals surface area contributed by atoms with Gasteiger partial charge < -0.3 is 14.6 Å². The number of benzene rings is 1. The lowest BCUT2D eigenvalue weighted by Gasteiger charge is -2.33. The van der Waals surface area contributed by atoms with E-state index in [0.717, 1.165) is 24.8 Å². The molecule has 0 saturated carbocycles. The van der Waals surface area contributed by atoms with Gasteiger partial charge in [-0.3, -0.25) is 0 Å². The molecule has 1 N–H and O–H groups in total. The molecule has 1 aliphatic rings. The largest absolute Gasteiger partial charge is 0.493 e. The zero-order valence-electron chi connectivity index (χ0n) is 17.7. The number of carboxylic acid groups (broad SMARTS) is 1. The number of thiophene rings is 1. The Hall–Kier alpha value is -2.85. The molecule has 158 valence electrons. The minimum Gasteiger partial charge on any atom is -0.493 e. The molecule has 1 heterocycles. The maximum Gasteiger partial charge on any atom is 0.341 e. The Morgan fingerprint density at radius 2 is 2.20 bits per heavy atom. The molecule has 0 aliphatic heterocycles. The normalized spacial score (nSPS) is 16.2. The molecule has 2 aromatic rings. The number of ether oxygens (including phenoxy) is 2. The number of nitrogens with zero attached hydrogens (tertiary/aromatic N) is 2. The summed E-state index contributed by atoms with van der Waals surface area (Å²) < 4.78 is 10.7. The quantitative estimate of drug-likeness (QED) is 0.657. The second kappa shape index (κ2) is 8.88. The molecule has 0 spiro atoms. The van der Waals surface area contributed by atoms with Crippen LogP contribution < -0.4 is 9.47 Å². The highest BCUT2D eigenvalue weighted by atomic mass is 32.1. The average Bonchev–Trinajstić information content (AvgIpc) is 3.06. The minimum atomic E-state index is -1.07. The number of hydrogen-bond donors (Lipinski definition) is 1. The number of carbonyl (C=O) groups is 1. The topological polar surface area (TPSA) is 91.9 Å². The standard InChI is InChI=1S/C23H26N2O4S/c1-23(2,3)15-8-9-16-17(11-24)22(30-19(16)10-15)25-12-14-6-5-7-18(28-4)21(14)29-13-20(26)27/h5-7,12,15H,8-10,13H2,1-4H3,(H,26,27)/t15-/m1/s1. The lowest BCUT2D eigenvalue weighted by Crippen LogP contribution is -2.26. The van der Waals surface area contributed by atoms with Gasteiger partial charge in [0.15, 0.2) is 18.1 Å². The Morgan fingerprint density at radius 1 is 1.43 bits per heavy atom. The summed E-state index contributed by atoms with van der Waals surface area (Å²) >= 11 is 1.57. The van der Waals surface area contributed by atoms with Crippen LogP contribution in [0.2, 0.25) is 0 Å². The first-order valence-electron chi connectivity index (χ1n) is 9.85. The number of aliphatic imine (C=N–C) groups is 1. The third-order valence-corrected chi connectivity index (χ3v) is 6.64. The molecule has 0 saturated heterocycles. The van der Waals surface area contributed by atoms with E-state index < -0.39 is 12.6 Å². The van der Waals surface area contributed by atoms with Crippen molar-refractivity contribution in [1.29, 1.82) is 5.26 Å². The zero-order valence-corrected chi connectivity index (χ0v) is 18.5. The number of hydrogen-bond acceptors (Lipinski definition) is 6. The molecular formula is C23H26N2O4S. The van der Waals surface area contributed by atoms with E-state index >= 15 is 0 Å². The van der Waals surface area contributed by atoms with Gasteiger partial charge in [-0.25, -0.2) is 9.79 Å². The molecule has 1 aromatic heterocycles. The average molecular weight is 427 g/mol. The predicted molar refractivity (Wildman–Crippen MR) is 117 cm³/mol. The highest BCUT2D eigenvalue weighted by Crippen LogP contribution is 2.45. The maximum absolute atomic E-state index is 10.9. The SMILES string of the molecule is COc1cccc(C=Nc2sc3c(c2C#N)CC[C@@H](C(C)(C)C)C3)c1OCC(=O)O. The molecule has 1 aliphatic carbocycles. The molecule has 3 rings (SSSR count). The van der Waals surface area contributed by atoms with E-state index in [0.29, 0.717) is 33.5 Å². The third-order valence-electron chi connectivity index (χ3n) is 5.47. The van der Waals surface area contributed by atoms with Gasteiger partial charge in [0.05, 0.1) is 12.7 Å². The van der Waals surface area contributed by atoms with Crippen LogP contribution in [-0.4, -0.2) is 31.0 Å². The molecule has 30 heavy (non-hydrogen) atoms. The molecule has 7 heteroatoms. The van der Waals surface area contributed by atoms with Crippen LogP contribution in [0.4, 0.5) is 5.00 Å². The van der Waals surface area contributed by atoms with Crippen LogP contribution in [-0.2, 0) is 17.6 Å². The fourth-order valence-electron chi connectivity index (χ4n) is 3.73. The maximum atomic E-state index is 10.9. The minimum absolute atomic E-state index is 0.231. The van der Waals surface area contributed by atoms with E-state index in [9.17, 15) is 10.1 Å². The summed E-state index contributed by atoms with van der Waals surface area (Å²) in [4.78, 5) is 16.8. The van der Waals surface area contributed by atoms with Gasteiger partial charge >= 0.3 is 5.97 Å². The monoisotopic (exact) mass is 426 g/mol. The van der Waals surface area contributed by atoms with Gasteiger partial charge in [0.25, 0.3) is 0 Å². The summed E-state index contributed by atoms with van der Waals surface area (Å²) in [5.41, 5.74) is 2.60. The number of rotatable bonds is 6. The van der Waals surface area contributed by atoms with Crippen molar-refractivity contribution in [3.8, 4) is 17.6 Å². The van der Waals surface area contributed by atoms with E-state index in [-0.39, 0.29) is 5.41 Å². The summed E-state index contributed by atoms with van der Waals surface area (Å²) in [6.07, 6.45) is 4.56. The van der Waals surface area contributed by atoms with Crippen molar-refractivity contribution in [3.63, 3.8) is 0 Å². The first kappa shape index (κ1) is 21.8. The Kier molecular flexibility index (Phi) is 6.47. The van der Waals surface area contributed by atoms with E-state index in [1.807, 2.05) is 0 Å². The molecule has 6 nitrogen and oxygen atoms in total. The summed E-state index contributed by atoms with van der Waals surface area (Å²) in [6.45, 7) is 6.32. The van der Waals surface area contributed by atoms with Crippen LogP contribution >= 0.6 is 11.3 Å². The van der Waals surface area contributed by atoms with Crippen molar-refractivity contribution in [2.75, 3.05) is 13.7 Å². The van der Waals surface area contributed by atoms with E-state index in [4.69, 9.17) is 14.6 Å². The van der Waals surface area contributed by atoms with Crippen LogP contribution in [0.1, 0.15) is 48.8 Å². The summed E-state index contributed by atoms with van der Waals surface area (Å²) in [5, 5.41) is 19.4. The lowest BCUT2D eigenvalue weighted by molar-refractivity contribution is -0.139. The fourth-order valence-corrected chi connectivity index (χ4v) is 4.95. The van der Waals surface area contributed by atoms with Crippen LogP contribution in [0.15, 0.2) is 23.2 Å². The Labute approximate surface area is 180 Å². The smallest absolute Gasteiger partial charge is 0.341 e. The Morgan fingerprint density at radius 3 is 2.83 bits per heavy atom. The van der Waals surface area contributed by atoms with Gasteiger partial charge in [-0.1, -0.05) is 26.8 Å². The zero-order chi connectivity index (χ0) is 21.9. The van der Waals surface area contributed by atoms with Crippen LogP contribution in [0.5, 0.6) is 11.5 Å². The van der Waals surface area contributed by atoms with Crippen molar-refractivity contribution in [1.82, 2.24) is 0 Å². The number of methoxy groups -OCH3 is 1. The van der Waals surface area contributed by atoms with Gasteiger partial charge in [-0.15, -0.1) is 11.3 Å². The molecule has 0 fully saturated rings. The van der Waals surface area contributed by atoms with Crippen LogP contribution in [0.3, 0.4) is 0 Å². The fraction of sp³-hybridized carbons (Fsp3) is 0.435. The number of carboxylic acids is 1. The molecule has 0 radical (unpaired) electrons. The molecule has 0 amide bonds. The molecule has 0 bridgehead atoms. The summed E-state index contributed by atoms with van der Waals surface area (Å²) in [6, 6.07) is 7.59. The Bertz CT molecular complexity index is 1010. The van der Waals surface area contributed by atoms with Crippen molar-refractivity contribution >= 4 is 28.5 Å². The second-order valence-corrected chi connectivity index (χ2v) is 9.50. The number of fused-ring (bicyclic) bond motifs is 1.